The maximum Gasteiger partial charge on any atom is 0.00349 e. The quantitative estimate of drug-likeness (QED) is 0.477. The van der Waals surface area contributed by atoms with Gasteiger partial charge in [-0.3, -0.25) is 0 Å². The van der Waals surface area contributed by atoms with E-state index in [9.17, 15) is 0 Å². The Morgan fingerprint density at radius 2 is 2.00 bits per heavy atom. The highest BCUT2D eigenvalue weighted by molar-refractivity contribution is 4.91. The van der Waals surface area contributed by atoms with Gasteiger partial charge in [0.2, 0.25) is 0 Å². The average molecular weight is 72.1 g/mol. The molecule has 5 heavy (non-hydrogen) atoms. The van der Waals surface area contributed by atoms with E-state index in [0.717, 1.165) is 5.70 Å². The summed E-state index contributed by atoms with van der Waals surface area (Å²) in [6, 6.07) is 0. The van der Waals surface area contributed by atoms with Crippen molar-refractivity contribution in [1.29, 1.82) is 0 Å². The van der Waals surface area contributed by atoms with Crippen molar-refractivity contribution in [2.24, 2.45) is 0 Å². The summed E-state index contributed by atoms with van der Waals surface area (Å²) in [6.07, 6.45) is 0. The number of nitrogens with one attached hydrogen (secondary N) is 1. The Labute approximate surface area is 32.7 Å². The average Bonchev–Trinajstić information content (AvgIpc) is 1.38. The van der Waals surface area contributed by atoms with E-state index in [4.69, 9.17) is 0 Å². The standard InChI is InChI=1S/C4H8N/c1-4(2)5-3/h5H,1-2H2,3H3/i3+2. The second-order valence-electron chi connectivity index (χ2n) is 0.854. The van der Waals surface area contributed by atoms with Crippen molar-refractivity contribution in [2.45, 2.75) is 0 Å². The van der Waals surface area contributed by atoms with Crippen molar-refractivity contribution >= 4 is 0 Å². The summed E-state index contributed by atoms with van der Waals surface area (Å²) in [5, 5.41) is 2.72. The first kappa shape index (κ1) is 4.54. The summed E-state index contributed by atoms with van der Waals surface area (Å²) in [7, 11) is 1.79. The molecule has 1 N–H and O–H groups in total. The third-order valence-corrected chi connectivity index (χ3v) is 0.354. The minimum absolute atomic E-state index is 0.755. The van der Waals surface area contributed by atoms with Crippen LogP contribution in [0.5, 0.6) is 0 Å². The van der Waals surface area contributed by atoms with Gasteiger partial charge in [0.1, 0.15) is 0 Å². The molecule has 0 aliphatic rings. The first-order valence-electron chi connectivity index (χ1n) is 1.46. The van der Waals surface area contributed by atoms with E-state index in [0.29, 0.717) is 0 Å². The van der Waals surface area contributed by atoms with Crippen LogP contribution in [0.15, 0.2) is 12.3 Å². The Bertz CT molecular complexity index is 38.9. The SMILES string of the molecule is [CH2]C(=C)N[14CH3]. The molecule has 0 saturated heterocycles. The molecule has 0 aromatic heterocycles. The van der Waals surface area contributed by atoms with E-state index in [2.05, 4.69) is 18.8 Å². The van der Waals surface area contributed by atoms with Gasteiger partial charge >= 0.3 is 0 Å². The zero-order chi connectivity index (χ0) is 4.28. The van der Waals surface area contributed by atoms with Gasteiger partial charge in [-0.2, -0.15) is 0 Å². The molecule has 0 rings (SSSR count). The Morgan fingerprint density at radius 1 is 1.80 bits per heavy atom. The molecule has 1 nitrogen and oxygen atoms in total. The highest BCUT2D eigenvalue weighted by atomic mass is 15.2. The van der Waals surface area contributed by atoms with Crippen LogP contribution in [-0.4, -0.2) is 7.05 Å². The minimum Gasteiger partial charge on any atom is -0.392 e. The molecule has 1 radical (unpaired) electrons. The third kappa shape index (κ3) is 3.54. The molecule has 0 bridgehead atoms. The lowest BCUT2D eigenvalue weighted by molar-refractivity contribution is 1.04. The summed E-state index contributed by atoms with van der Waals surface area (Å²) in [6.45, 7) is 6.90. The fourth-order valence-electron chi connectivity index (χ4n) is 0. The zero-order valence-electron chi connectivity index (χ0n) is 3.41. The Morgan fingerprint density at radius 3 is 2.00 bits per heavy atom. The predicted octanol–water partition coefficient (Wildman–Crippen LogP) is 0.554. The van der Waals surface area contributed by atoms with Crippen LogP contribution in [0, 0.1) is 6.92 Å². The third-order valence-electron chi connectivity index (χ3n) is 0.354. The second kappa shape index (κ2) is 1.82. The van der Waals surface area contributed by atoms with Crippen molar-refractivity contribution in [2.75, 3.05) is 7.05 Å². The summed E-state index contributed by atoms with van der Waals surface area (Å²) < 4.78 is 0. The van der Waals surface area contributed by atoms with Gasteiger partial charge in [-0.15, -0.1) is 0 Å². The highest BCUT2D eigenvalue weighted by Crippen LogP contribution is 1.66. The molecule has 0 spiro atoms. The van der Waals surface area contributed by atoms with Crippen LogP contribution in [0.2, 0.25) is 0 Å². The smallest absolute Gasteiger partial charge is 0.00349 e. The lowest BCUT2D eigenvalue weighted by Crippen LogP contribution is -1.98. The largest absolute Gasteiger partial charge is 0.392 e. The molecule has 0 fully saturated rings. The van der Waals surface area contributed by atoms with Crippen LogP contribution in [0.25, 0.3) is 0 Å². The fourth-order valence-corrected chi connectivity index (χ4v) is 0. The first-order chi connectivity index (χ1) is 2.27. The molecule has 0 unspecified atom stereocenters. The lowest BCUT2D eigenvalue weighted by Gasteiger charge is -1.87. The van der Waals surface area contributed by atoms with Gasteiger partial charge in [-0.25, -0.2) is 0 Å². The van der Waals surface area contributed by atoms with E-state index < -0.39 is 0 Å². The molecule has 0 aromatic carbocycles. The van der Waals surface area contributed by atoms with Gasteiger partial charge in [-0.1, -0.05) is 6.58 Å². The molecule has 0 aromatic rings. The van der Waals surface area contributed by atoms with Crippen molar-refractivity contribution in [3.63, 3.8) is 0 Å². The maximum absolute atomic E-state index is 3.45. The van der Waals surface area contributed by atoms with Gasteiger partial charge in [-0.05, 0) is 6.92 Å². The number of hydrogen-bond acceptors (Lipinski definition) is 1. The van der Waals surface area contributed by atoms with Crippen LogP contribution >= 0.6 is 0 Å². The monoisotopic (exact) mass is 72.1 g/mol. The second-order valence-corrected chi connectivity index (χ2v) is 0.854. The number of hydrogen-bond donors (Lipinski definition) is 1. The fraction of sp³-hybridized carbons (Fsp3) is 0.250. The molecular formula is C4H8N. The van der Waals surface area contributed by atoms with E-state index in [1.54, 1.807) is 7.05 Å². The van der Waals surface area contributed by atoms with Gasteiger partial charge in [0.05, 0.1) is 0 Å². The number of rotatable bonds is 1. The summed E-state index contributed by atoms with van der Waals surface area (Å²) in [4.78, 5) is 0. The van der Waals surface area contributed by atoms with Crippen LogP contribution in [0.1, 0.15) is 0 Å². The Kier molecular flexibility index (Phi) is 1.65. The van der Waals surface area contributed by atoms with Gasteiger partial charge in [0, 0.05) is 12.7 Å². The molecule has 0 aliphatic heterocycles. The molecule has 0 atom stereocenters. The summed E-state index contributed by atoms with van der Waals surface area (Å²) in [5.41, 5.74) is 0.755. The number of allylic oxidation sites excluding steroid dienone is 1. The molecule has 0 heterocycles. The molecule has 1 heteroatoms. The van der Waals surface area contributed by atoms with Gasteiger partial charge < -0.3 is 5.32 Å². The summed E-state index contributed by atoms with van der Waals surface area (Å²) >= 11 is 0. The lowest BCUT2D eigenvalue weighted by atomic mass is 10.6. The molecular weight excluding hydrogens is 64.0 g/mol. The normalized spacial score (nSPS) is 6.80. The van der Waals surface area contributed by atoms with Crippen molar-refractivity contribution < 1.29 is 0 Å². The van der Waals surface area contributed by atoms with E-state index in [1.807, 2.05) is 0 Å². The topological polar surface area (TPSA) is 12.0 Å². The maximum atomic E-state index is 3.45. The van der Waals surface area contributed by atoms with Crippen LogP contribution in [-0.2, 0) is 0 Å². The van der Waals surface area contributed by atoms with E-state index in [-0.39, 0.29) is 0 Å². The highest BCUT2D eigenvalue weighted by Gasteiger charge is 1.63. The van der Waals surface area contributed by atoms with Gasteiger partial charge in [0.15, 0.2) is 0 Å². The Hall–Kier alpha value is -0.460. The van der Waals surface area contributed by atoms with Crippen molar-refractivity contribution in [1.82, 2.24) is 5.32 Å². The van der Waals surface area contributed by atoms with E-state index >= 15 is 0 Å². The molecule has 0 saturated carbocycles. The Balaban J connectivity index is 2.85. The molecule has 29 valence electrons. The van der Waals surface area contributed by atoms with Crippen molar-refractivity contribution in [3.8, 4) is 0 Å². The first-order valence-corrected chi connectivity index (χ1v) is 1.46. The van der Waals surface area contributed by atoms with Gasteiger partial charge in [0.25, 0.3) is 0 Å². The van der Waals surface area contributed by atoms with Crippen LogP contribution < -0.4 is 5.32 Å². The summed E-state index contributed by atoms with van der Waals surface area (Å²) in [5.74, 6) is 0. The predicted molar refractivity (Wildman–Crippen MR) is 23.6 cm³/mol. The molecule has 0 aliphatic carbocycles. The van der Waals surface area contributed by atoms with Crippen LogP contribution in [0.4, 0.5) is 0 Å². The zero-order valence-corrected chi connectivity index (χ0v) is 3.41. The van der Waals surface area contributed by atoms with Crippen LogP contribution in [0.3, 0.4) is 0 Å². The van der Waals surface area contributed by atoms with E-state index in [1.165, 1.54) is 0 Å². The molecule has 0 amide bonds. The minimum atomic E-state index is 0.755. The van der Waals surface area contributed by atoms with Crippen molar-refractivity contribution in [3.05, 3.63) is 19.2 Å².